The summed E-state index contributed by atoms with van der Waals surface area (Å²) in [6.45, 7) is 5.06. The molecule has 0 aliphatic rings. The highest BCUT2D eigenvalue weighted by molar-refractivity contribution is 5.75. The van der Waals surface area contributed by atoms with Crippen molar-refractivity contribution < 1.29 is 4.79 Å². The van der Waals surface area contributed by atoms with Crippen LogP contribution in [0.1, 0.15) is 31.7 Å². The van der Waals surface area contributed by atoms with Gasteiger partial charge >= 0.3 is 0 Å². The van der Waals surface area contributed by atoms with Crippen LogP contribution >= 0.6 is 0 Å². The predicted octanol–water partition coefficient (Wildman–Crippen LogP) is 1.86. The van der Waals surface area contributed by atoms with Gasteiger partial charge in [-0.05, 0) is 31.0 Å². The summed E-state index contributed by atoms with van der Waals surface area (Å²) < 4.78 is 2.16. The maximum atomic E-state index is 11.4. The summed E-state index contributed by atoms with van der Waals surface area (Å²) in [5.74, 6) is 0.201. The minimum Gasteiger partial charge on any atom is -0.354 e. The lowest BCUT2D eigenvalue weighted by Crippen LogP contribution is -2.21. The molecule has 1 rings (SSSR count). The number of hydrogen-bond donors (Lipinski definition) is 1. The molecule has 0 saturated carbocycles. The standard InChI is InChI=1S/C14H25N3O/c1-4-8-15-11-13-7-10-17(12-13)9-5-6-14(18)16(2)3/h7,10,12,15H,4-6,8-9,11H2,1-3H3. The topological polar surface area (TPSA) is 37.3 Å². The van der Waals surface area contributed by atoms with E-state index in [2.05, 4.69) is 35.3 Å². The van der Waals surface area contributed by atoms with Gasteiger partial charge in [0, 0.05) is 46.0 Å². The zero-order chi connectivity index (χ0) is 13.4. The Labute approximate surface area is 110 Å². The van der Waals surface area contributed by atoms with Gasteiger partial charge in [-0.1, -0.05) is 6.92 Å². The number of amides is 1. The molecule has 0 aliphatic carbocycles. The van der Waals surface area contributed by atoms with E-state index in [4.69, 9.17) is 0 Å². The molecule has 0 atom stereocenters. The molecule has 0 aromatic carbocycles. The van der Waals surface area contributed by atoms with Crippen molar-refractivity contribution in [3.63, 3.8) is 0 Å². The fourth-order valence-corrected chi connectivity index (χ4v) is 1.78. The largest absolute Gasteiger partial charge is 0.354 e. The van der Waals surface area contributed by atoms with Gasteiger partial charge in [0.05, 0.1) is 0 Å². The lowest BCUT2D eigenvalue weighted by Gasteiger charge is -2.09. The van der Waals surface area contributed by atoms with Crippen molar-refractivity contribution in [2.24, 2.45) is 0 Å². The van der Waals surface area contributed by atoms with E-state index in [0.29, 0.717) is 6.42 Å². The Bertz CT molecular complexity index is 358. The molecule has 4 heteroatoms. The highest BCUT2D eigenvalue weighted by Crippen LogP contribution is 2.04. The molecule has 1 N–H and O–H groups in total. The molecule has 18 heavy (non-hydrogen) atoms. The van der Waals surface area contributed by atoms with Crippen LogP contribution in [-0.4, -0.2) is 36.0 Å². The Kier molecular flexibility index (Phi) is 6.50. The zero-order valence-corrected chi connectivity index (χ0v) is 11.8. The fraction of sp³-hybridized carbons (Fsp3) is 0.643. The Morgan fingerprint density at radius 3 is 2.89 bits per heavy atom. The molecule has 0 bridgehead atoms. The van der Waals surface area contributed by atoms with Crippen LogP contribution in [-0.2, 0) is 17.9 Å². The van der Waals surface area contributed by atoms with Crippen LogP contribution in [0, 0.1) is 0 Å². The molecule has 0 fully saturated rings. The number of nitrogens with one attached hydrogen (secondary N) is 1. The summed E-state index contributed by atoms with van der Waals surface area (Å²) >= 11 is 0. The van der Waals surface area contributed by atoms with Crippen molar-refractivity contribution in [1.29, 1.82) is 0 Å². The lowest BCUT2D eigenvalue weighted by atomic mass is 10.3. The van der Waals surface area contributed by atoms with Gasteiger partial charge in [-0.15, -0.1) is 0 Å². The van der Waals surface area contributed by atoms with Gasteiger partial charge in [0.15, 0.2) is 0 Å². The number of carbonyl (C=O) groups is 1. The number of hydrogen-bond acceptors (Lipinski definition) is 2. The Hall–Kier alpha value is -1.29. The maximum absolute atomic E-state index is 11.4. The monoisotopic (exact) mass is 251 g/mol. The van der Waals surface area contributed by atoms with Gasteiger partial charge in [0.1, 0.15) is 0 Å². The SMILES string of the molecule is CCCNCc1ccn(CCCC(=O)N(C)C)c1. The van der Waals surface area contributed by atoms with Crippen molar-refractivity contribution in [1.82, 2.24) is 14.8 Å². The van der Waals surface area contributed by atoms with E-state index in [1.807, 2.05) is 0 Å². The molecule has 1 amide bonds. The van der Waals surface area contributed by atoms with Crippen LogP contribution in [0.5, 0.6) is 0 Å². The van der Waals surface area contributed by atoms with Gasteiger partial charge in [-0.2, -0.15) is 0 Å². The third kappa shape index (κ3) is 5.36. The number of carbonyl (C=O) groups excluding carboxylic acids is 1. The first-order valence-electron chi connectivity index (χ1n) is 6.69. The van der Waals surface area contributed by atoms with Crippen LogP contribution in [0.2, 0.25) is 0 Å². The summed E-state index contributed by atoms with van der Waals surface area (Å²) in [6.07, 6.45) is 6.92. The predicted molar refractivity (Wildman–Crippen MR) is 74.4 cm³/mol. The molecular weight excluding hydrogens is 226 g/mol. The molecule has 102 valence electrons. The quantitative estimate of drug-likeness (QED) is 0.716. The normalized spacial score (nSPS) is 10.6. The highest BCUT2D eigenvalue weighted by Gasteiger charge is 2.03. The summed E-state index contributed by atoms with van der Waals surface area (Å²) in [7, 11) is 3.60. The van der Waals surface area contributed by atoms with Gasteiger partial charge in [-0.3, -0.25) is 4.79 Å². The highest BCUT2D eigenvalue weighted by atomic mass is 16.2. The van der Waals surface area contributed by atoms with Crippen LogP contribution in [0.25, 0.3) is 0 Å². The number of rotatable bonds is 8. The van der Waals surface area contributed by atoms with Gasteiger partial charge in [0.2, 0.25) is 5.91 Å². The fourth-order valence-electron chi connectivity index (χ4n) is 1.78. The summed E-state index contributed by atoms with van der Waals surface area (Å²) in [5, 5.41) is 3.38. The molecular formula is C14H25N3O. The second-order valence-corrected chi connectivity index (χ2v) is 4.83. The third-order valence-corrected chi connectivity index (χ3v) is 2.87. The van der Waals surface area contributed by atoms with E-state index in [0.717, 1.165) is 32.5 Å². The molecule has 0 unspecified atom stereocenters. The van der Waals surface area contributed by atoms with Crippen molar-refractivity contribution in [2.75, 3.05) is 20.6 Å². The van der Waals surface area contributed by atoms with Crippen molar-refractivity contribution in [3.05, 3.63) is 24.0 Å². The smallest absolute Gasteiger partial charge is 0.222 e. The average molecular weight is 251 g/mol. The van der Waals surface area contributed by atoms with Gasteiger partial charge in [-0.25, -0.2) is 0 Å². The minimum absolute atomic E-state index is 0.201. The maximum Gasteiger partial charge on any atom is 0.222 e. The first-order valence-corrected chi connectivity index (χ1v) is 6.69. The first-order chi connectivity index (χ1) is 8.63. The van der Waals surface area contributed by atoms with Gasteiger partial charge in [0.25, 0.3) is 0 Å². The molecule has 1 aromatic rings. The molecule has 0 spiro atoms. The Balaban J connectivity index is 2.24. The average Bonchev–Trinajstić information content (AvgIpc) is 2.77. The van der Waals surface area contributed by atoms with Crippen LogP contribution in [0.15, 0.2) is 18.5 Å². The molecule has 1 heterocycles. The Morgan fingerprint density at radius 1 is 1.44 bits per heavy atom. The molecule has 0 aliphatic heterocycles. The first kappa shape index (κ1) is 14.8. The van der Waals surface area contributed by atoms with E-state index >= 15 is 0 Å². The third-order valence-electron chi connectivity index (χ3n) is 2.87. The van der Waals surface area contributed by atoms with Crippen molar-refractivity contribution in [2.45, 2.75) is 39.3 Å². The number of nitrogens with zero attached hydrogens (tertiary/aromatic N) is 2. The van der Waals surface area contributed by atoms with Crippen LogP contribution in [0.4, 0.5) is 0 Å². The van der Waals surface area contributed by atoms with E-state index in [1.54, 1.807) is 19.0 Å². The summed E-state index contributed by atoms with van der Waals surface area (Å²) in [5.41, 5.74) is 1.31. The summed E-state index contributed by atoms with van der Waals surface area (Å²) in [6, 6.07) is 2.14. The van der Waals surface area contributed by atoms with Crippen LogP contribution < -0.4 is 5.32 Å². The van der Waals surface area contributed by atoms with Crippen molar-refractivity contribution >= 4 is 5.91 Å². The molecule has 4 nitrogen and oxygen atoms in total. The molecule has 0 radical (unpaired) electrons. The second kappa shape index (κ2) is 7.93. The van der Waals surface area contributed by atoms with Gasteiger partial charge < -0.3 is 14.8 Å². The lowest BCUT2D eigenvalue weighted by molar-refractivity contribution is -0.128. The van der Waals surface area contributed by atoms with Crippen LogP contribution in [0.3, 0.4) is 0 Å². The second-order valence-electron chi connectivity index (χ2n) is 4.83. The Morgan fingerprint density at radius 2 is 2.22 bits per heavy atom. The van der Waals surface area contributed by atoms with E-state index in [1.165, 1.54) is 5.56 Å². The van der Waals surface area contributed by atoms with E-state index in [-0.39, 0.29) is 5.91 Å². The van der Waals surface area contributed by atoms with Crippen molar-refractivity contribution in [3.8, 4) is 0 Å². The number of aromatic nitrogens is 1. The van der Waals surface area contributed by atoms with E-state index < -0.39 is 0 Å². The zero-order valence-electron chi connectivity index (χ0n) is 11.8. The number of aryl methyl sites for hydroxylation is 1. The molecule has 1 aromatic heterocycles. The van der Waals surface area contributed by atoms with E-state index in [9.17, 15) is 4.79 Å². The minimum atomic E-state index is 0.201. The molecule has 0 saturated heterocycles. The summed E-state index contributed by atoms with van der Waals surface area (Å²) in [4.78, 5) is 13.1.